The first-order valence-corrected chi connectivity index (χ1v) is 27.5. The lowest BCUT2D eigenvalue weighted by Crippen LogP contribution is -2.57. The highest BCUT2D eigenvalue weighted by molar-refractivity contribution is 6.38. The van der Waals surface area contributed by atoms with Gasteiger partial charge in [0.25, 0.3) is 11.7 Å². The van der Waals surface area contributed by atoms with Gasteiger partial charge in [-0.1, -0.05) is 57.5 Å². The molecule has 22 heteroatoms. The van der Waals surface area contributed by atoms with Gasteiger partial charge in [-0.2, -0.15) is 0 Å². The summed E-state index contributed by atoms with van der Waals surface area (Å²) in [4.78, 5) is 114. The molecule has 7 aliphatic rings. The molecule has 432 valence electrons. The number of anilines is 1. The van der Waals surface area contributed by atoms with E-state index < -0.39 is 141 Å². The zero-order valence-electron chi connectivity index (χ0n) is 46.7. The van der Waals surface area contributed by atoms with E-state index >= 15 is 9.18 Å². The van der Waals surface area contributed by atoms with Gasteiger partial charge in [0.05, 0.1) is 74.4 Å². The van der Waals surface area contributed by atoms with Crippen LogP contribution in [0.4, 0.5) is 10.1 Å². The summed E-state index contributed by atoms with van der Waals surface area (Å²) >= 11 is 6.96. The van der Waals surface area contributed by atoms with Gasteiger partial charge in [0.1, 0.15) is 34.8 Å². The summed E-state index contributed by atoms with van der Waals surface area (Å²) in [5.74, 6) is -12.6. The molecular formula is C59H67ClFN5O15. The monoisotopic (exact) mass is 1140 g/mol. The number of esters is 1. The molecule has 20 nitrogen and oxygen atoms in total. The minimum absolute atomic E-state index is 0.00505. The number of rotatable bonds is 8. The van der Waals surface area contributed by atoms with Crippen molar-refractivity contribution in [2.75, 3.05) is 38.2 Å². The van der Waals surface area contributed by atoms with Crippen LogP contribution in [0.5, 0.6) is 11.5 Å². The Hall–Kier alpha value is -7.20. The molecule has 1 saturated carbocycles. The minimum atomic E-state index is -2.20. The van der Waals surface area contributed by atoms with Crippen LogP contribution in [0.1, 0.15) is 128 Å². The maximum Gasteiger partial charge on any atom is 0.312 e. The number of carbonyl (C=O) groups is 7. The second kappa shape index (κ2) is 22.3. The van der Waals surface area contributed by atoms with Gasteiger partial charge in [-0.25, -0.2) is 4.39 Å². The van der Waals surface area contributed by atoms with Crippen LogP contribution in [0, 0.1) is 42.3 Å². The van der Waals surface area contributed by atoms with Crippen molar-refractivity contribution in [2.45, 2.75) is 124 Å². The lowest BCUT2D eigenvalue weighted by Gasteiger charge is -2.43. The third-order valence-corrected chi connectivity index (χ3v) is 17.2. The molecule has 2 amide bonds. The number of aliphatic hydroxyl groups is 2. The van der Waals surface area contributed by atoms with E-state index in [-0.39, 0.29) is 82.0 Å². The quantitative estimate of drug-likeness (QED) is 0.129. The van der Waals surface area contributed by atoms with Gasteiger partial charge in [0.15, 0.2) is 11.2 Å². The zero-order valence-corrected chi connectivity index (χ0v) is 47.4. The number of Topliss-reactive ketones (excluding diaryl/α,β-unsaturated/α-hetero) is 4. The lowest BCUT2D eigenvalue weighted by atomic mass is 9.78. The highest BCUT2D eigenvalue weighted by Crippen LogP contribution is 2.50. The molecule has 5 N–H and O–H groups in total. The SMILES string of the molecule is CO[C@H]1/C=C/O[C@@]2(C)Oc3c(C)c(O)c4c(c3C2=O)C(=O)C(N2CC(C(=O)NC3CCN(c5c(F)cc6c(=O)c(C(C)=O)cn(C7CC7)c6c5Cl)C3)C2)=C(NC(=O)/C(C)=C\C=C\[C@H](C)[C@H](O)[C@@H](C)[C@@H](O)[C@@H](C)[C@H](OC(C)=O)[C@@H]1C)C4=O. The number of aromatic hydroxyl groups is 1. The van der Waals surface area contributed by atoms with Gasteiger partial charge in [0.2, 0.25) is 17.5 Å². The molecule has 2 aliphatic carbocycles. The Bertz CT molecular complexity index is 3390. The fourth-order valence-electron chi connectivity index (χ4n) is 11.8. The number of methoxy groups -OCH3 is 1. The zero-order chi connectivity index (χ0) is 59.0. The Balaban J connectivity index is 1.02. The van der Waals surface area contributed by atoms with Gasteiger partial charge in [-0.05, 0) is 52.2 Å². The van der Waals surface area contributed by atoms with Gasteiger partial charge in [-0.3, -0.25) is 38.4 Å². The number of phenolic OH excluding ortho intramolecular Hbond substituents is 1. The number of nitrogens with one attached hydrogen (secondary N) is 2. The number of ether oxygens (including phenoxy) is 4. The number of nitrogens with zero attached hydrogens (tertiary/aromatic N) is 3. The first-order chi connectivity index (χ1) is 38.2. The molecule has 5 bridgehead atoms. The molecule has 1 unspecified atom stereocenters. The fraction of sp³-hybridized carbons (Fsp3) is 0.492. The number of allylic oxidation sites excluding steroid dienone is 4. The van der Waals surface area contributed by atoms with Crippen LogP contribution in [0.15, 0.2) is 64.6 Å². The standard InChI is InChI=1S/C59H67ClFN5O15/c1-25-12-11-13-26(2)57(76)63-44-47(65-21-33(22-65)58(77)62-34-16-18-64(23-34)46-38(61)20-36-45(43(46)60)66(35-14-15-35)24-37(31(7)67)51(36)72)53(74)40-41(52(44)73)50(71)30(6)55-42(40)56(75)59(9,81-55)79-19-17-39(78-10)27(3)54(80-32(8)68)29(5)49(70)28(4)48(25)69/h11-13,17,19-20,24-25,27-29,33-35,39,48-49,54,69-71H,14-16,18,21-23H2,1-10H3,(H,62,77)(H,63,76)/b12-11+,19-17+,26-13-/t25-,27+,28+,29+,34?,39-,48-,49+,54+,59-/m0/s1. The average Bonchev–Trinajstić information content (AvgIpc) is 4.35. The number of aliphatic hydroxyl groups excluding tert-OH is 2. The van der Waals surface area contributed by atoms with E-state index in [4.69, 9.17) is 30.5 Å². The third-order valence-electron chi connectivity index (χ3n) is 16.9. The summed E-state index contributed by atoms with van der Waals surface area (Å²) < 4.78 is 41.5. The molecule has 2 aromatic carbocycles. The first kappa shape index (κ1) is 58.5. The molecule has 10 atom stereocenters. The summed E-state index contributed by atoms with van der Waals surface area (Å²) in [6.45, 7) is 13.5. The number of phenols is 1. The Morgan fingerprint density at radius 1 is 0.901 bits per heavy atom. The predicted octanol–water partition coefficient (Wildman–Crippen LogP) is 5.93. The van der Waals surface area contributed by atoms with Gasteiger partial charge >= 0.3 is 11.8 Å². The van der Waals surface area contributed by atoms with Crippen molar-refractivity contribution in [1.82, 2.24) is 20.1 Å². The van der Waals surface area contributed by atoms with Crippen LogP contribution >= 0.6 is 11.6 Å². The molecule has 10 rings (SSSR count). The first-order valence-electron chi connectivity index (χ1n) is 27.1. The number of fused-ring (bicyclic) bond motifs is 15. The molecule has 3 fully saturated rings. The van der Waals surface area contributed by atoms with E-state index in [1.807, 2.05) is 0 Å². The number of halogens is 2. The van der Waals surface area contributed by atoms with E-state index in [9.17, 15) is 48.9 Å². The number of pyridine rings is 1. The number of hydrogen-bond acceptors (Lipinski definition) is 17. The van der Waals surface area contributed by atoms with E-state index in [1.54, 1.807) is 43.2 Å². The van der Waals surface area contributed by atoms with Gasteiger partial charge in [0, 0.05) is 100 Å². The van der Waals surface area contributed by atoms with Crippen LogP contribution < -0.4 is 25.7 Å². The Morgan fingerprint density at radius 2 is 1.59 bits per heavy atom. The van der Waals surface area contributed by atoms with Gasteiger partial charge < -0.3 is 59.3 Å². The van der Waals surface area contributed by atoms with Crippen LogP contribution in [0.2, 0.25) is 5.02 Å². The van der Waals surface area contributed by atoms with Crippen molar-refractivity contribution in [2.24, 2.45) is 29.6 Å². The lowest BCUT2D eigenvalue weighted by molar-refractivity contribution is -0.160. The maximum absolute atomic E-state index is 16.1. The molecule has 1 aromatic heterocycles. The molecule has 81 heavy (non-hydrogen) atoms. The Kier molecular flexibility index (Phi) is 16.1. The number of ketones is 4. The molecule has 3 aromatic rings. The number of benzene rings is 2. The van der Waals surface area contributed by atoms with Crippen LogP contribution in [-0.2, 0) is 28.6 Å². The normalized spacial score (nSPS) is 29.9. The summed E-state index contributed by atoms with van der Waals surface area (Å²) in [5, 5.41) is 40.5. The Morgan fingerprint density at radius 3 is 2.23 bits per heavy atom. The number of aromatic nitrogens is 1. The summed E-state index contributed by atoms with van der Waals surface area (Å²) in [6.07, 6.45) is 6.39. The Labute approximate surface area is 471 Å². The van der Waals surface area contributed by atoms with Crippen LogP contribution in [-0.4, -0.2) is 135 Å². The summed E-state index contributed by atoms with van der Waals surface area (Å²) in [6, 6.07) is 0.591. The smallest absolute Gasteiger partial charge is 0.312 e. The number of amides is 2. The maximum atomic E-state index is 16.1. The number of likely N-dealkylation sites (tertiary alicyclic amines) is 1. The molecular weight excluding hydrogens is 1070 g/mol. The number of hydrogen-bond donors (Lipinski definition) is 5. The largest absolute Gasteiger partial charge is 0.507 e. The molecule has 5 aliphatic heterocycles. The van der Waals surface area contributed by atoms with E-state index in [0.29, 0.717) is 11.9 Å². The van der Waals surface area contributed by atoms with Crippen molar-refractivity contribution in [3.05, 3.63) is 109 Å². The second-order valence-electron chi connectivity index (χ2n) is 22.5. The predicted molar refractivity (Wildman–Crippen MR) is 293 cm³/mol. The molecule has 6 heterocycles. The molecule has 2 saturated heterocycles. The topological polar surface area (TPSA) is 270 Å². The van der Waals surface area contributed by atoms with Crippen LogP contribution in [0.3, 0.4) is 0 Å². The third kappa shape index (κ3) is 10.5. The van der Waals surface area contributed by atoms with Crippen molar-refractivity contribution < 1.29 is 72.2 Å². The summed E-state index contributed by atoms with van der Waals surface area (Å²) in [7, 11) is 1.40. The number of carbonyl (C=O) groups excluding carboxylic acids is 7. The second-order valence-corrected chi connectivity index (χ2v) is 22.9. The van der Waals surface area contributed by atoms with Gasteiger partial charge in [-0.15, -0.1) is 0 Å². The highest BCUT2D eigenvalue weighted by atomic mass is 35.5. The van der Waals surface area contributed by atoms with E-state index in [0.717, 1.165) is 25.2 Å². The highest BCUT2D eigenvalue weighted by Gasteiger charge is 2.54. The average molecular weight is 1140 g/mol. The summed E-state index contributed by atoms with van der Waals surface area (Å²) in [5.41, 5.74) is -2.67. The molecule has 0 spiro atoms. The molecule has 0 radical (unpaired) electrons. The minimum Gasteiger partial charge on any atom is -0.507 e. The van der Waals surface area contributed by atoms with Crippen molar-refractivity contribution >= 4 is 69.1 Å². The van der Waals surface area contributed by atoms with Crippen molar-refractivity contribution in [3.63, 3.8) is 0 Å². The fourth-order valence-corrected chi connectivity index (χ4v) is 12.2. The van der Waals surface area contributed by atoms with Crippen molar-refractivity contribution in [3.8, 4) is 11.5 Å². The van der Waals surface area contributed by atoms with Crippen LogP contribution in [0.25, 0.3) is 10.9 Å². The van der Waals surface area contributed by atoms with Crippen molar-refractivity contribution in [1.29, 1.82) is 0 Å². The van der Waals surface area contributed by atoms with E-state index in [1.165, 1.54) is 71.1 Å². The van der Waals surface area contributed by atoms with E-state index in [2.05, 4.69) is 10.6 Å².